The SMILES string of the molecule is Cc1c(F)cccc1NC(=O)N1CCCC(N(CCN2CCCCC2)S(C)(=O)=O)C1. The van der Waals surface area contributed by atoms with Crippen molar-refractivity contribution in [2.75, 3.05) is 50.8 Å². The van der Waals surface area contributed by atoms with Gasteiger partial charge >= 0.3 is 6.03 Å². The summed E-state index contributed by atoms with van der Waals surface area (Å²) in [6.45, 7) is 5.72. The van der Waals surface area contributed by atoms with Crippen molar-refractivity contribution in [1.29, 1.82) is 0 Å². The summed E-state index contributed by atoms with van der Waals surface area (Å²) in [6, 6.07) is 4.02. The Morgan fingerprint density at radius 1 is 1.20 bits per heavy atom. The molecule has 30 heavy (non-hydrogen) atoms. The number of rotatable bonds is 6. The van der Waals surface area contributed by atoms with Crippen molar-refractivity contribution < 1.29 is 17.6 Å². The molecule has 1 aromatic rings. The van der Waals surface area contributed by atoms with Crippen molar-refractivity contribution >= 4 is 21.7 Å². The molecule has 7 nitrogen and oxygen atoms in total. The van der Waals surface area contributed by atoms with Gasteiger partial charge in [-0.1, -0.05) is 12.5 Å². The first-order chi connectivity index (χ1) is 14.3. The van der Waals surface area contributed by atoms with Crippen LogP contribution in [0.1, 0.15) is 37.7 Å². The van der Waals surface area contributed by atoms with Gasteiger partial charge in [-0.15, -0.1) is 0 Å². The van der Waals surface area contributed by atoms with Crippen LogP contribution in [0.25, 0.3) is 0 Å². The minimum absolute atomic E-state index is 0.238. The maximum atomic E-state index is 13.8. The Kier molecular flexibility index (Phi) is 7.70. The molecule has 2 heterocycles. The molecule has 168 valence electrons. The summed E-state index contributed by atoms with van der Waals surface area (Å²) in [7, 11) is -3.39. The van der Waals surface area contributed by atoms with E-state index in [1.807, 2.05) is 0 Å². The maximum absolute atomic E-state index is 13.8. The second kappa shape index (κ2) is 10.1. The van der Waals surface area contributed by atoms with E-state index in [9.17, 15) is 17.6 Å². The lowest BCUT2D eigenvalue weighted by molar-refractivity contribution is 0.146. The number of nitrogens with zero attached hydrogens (tertiary/aromatic N) is 3. The lowest BCUT2D eigenvalue weighted by Crippen LogP contribution is -2.53. The van der Waals surface area contributed by atoms with Crippen LogP contribution in [-0.2, 0) is 10.0 Å². The Balaban J connectivity index is 1.64. The molecule has 1 atom stereocenters. The molecule has 1 N–H and O–H groups in total. The van der Waals surface area contributed by atoms with Crippen LogP contribution >= 0.6 is 0 Å². The highest BCUT2D eigenvalue weighted by Gasteiger charge is 2.33. The van der Waals surface area contributed by atoms with Gasteiger partial charge in [0.1, 0.15) is 5.82 Å². The van der Waals surface area contributed by atoms with Crippen molar-refractivity contribution in [2.45, 2.75) is 45.1 Å². The Bertz CT molecular complexity index is 843. The van der Waals surface area contributed by atoms with E-state index in [1.54, 1.807) is 28.3 Å². The van der Waals surface area contributed by atoms with Crippen molar-refractivity contribution in [3.05, 3.63) is 29.6 Å². The smallest absolute Gasteiger partial charge is 0.321 e. The molecule has 0 bridgehead atoms. The second-order valence-electron chi connectivity index (χ2n) is 8.36. The number of amides is 2. The van der Waals surface area contributed by atoms with E-state index in [0.717, 1.165) is 45.3 Å². The number of likely N-dealkylation sites (tertiary alicyclic amines) is 2. The Labute approximate surface area is 179 Å². The van der Waals surface area contributed by atoms with Crippen molar-refractivity contribution in [2.24, 2.45) is 0 Å². The highest BCUT2D eigenvalue weighted by Crippen LogP contribution is 2.22. The van der Waals surface area contributed by atoms with Crippen LogP contribution in [0.4, 0.5) is 14.9 Å². The van der Waals surface area contributed by atoms with Crippen molar-refractivity contribution in [3.8, 4) is 0 Å². The van der Waals surface area contributed by atoms with Crippen LogP contribution in [0, 0.1) is 12.7 Å². The van der Waals surface area contributed by atoms with E-state index in [4.69, 9.17) is 0 Å². The van der Waals surface area contributed by atoms with Crippen LogP contribution in [-0.4, -0.2) is 80.1 Å². The molecule has 3 rings (SSSR count). The quantitative estimate of drug-likeness (QED) is 0.738. The molecule has 9 heteroatoms. The Hall–Kier alpha value is -1.71. The third-order valence-corrected chi connectivity index (χ3v) is 7.44. The average molecular weight is 441 g/mol. The molecule has 2 amide bonds. The molecule has 1 unspecified atom stereocenters. The summed E-state index contributed by atoms with van der Waals surface area (Å²) in [5.74, 6) is -0.370. The molecule has 1 aromatic carbocycles. The van der Waals surface area contributed by atoms with Gasteiger partial charge in [0.25, 0.3) is 0 Å². The first kappa shape index (κ1) is 23.0. The van der Waals surface area contributed by atoms with Gasteiger partial charge in [-0.2, -0.15) is 4.31 Å². The summed E-state index contributed by atoms with van der Waals surface area (Å²) in [6.07, 6.45) is 6.28. The van der Waals surface area contributed by atoms with Gasteiger partial charge in [0.15, 0.2) is 0 Å². The lowest BCUT2D eigenvalue weighted by atomic mass is 10.1. The van der Waals surface area contributed by atoms with Gasteiger partial charge in [-0.05, 0) is 57.8 Å². The van der Waals surface area contributed by atoms with Crippen LogP contribution in [0.15, 0.2) is 18.2 Å². The molecule has 2 saturated heterocycles. The molecular formula is C21H33FN4O3S. The molecule has 2 fully saturated rings. The number of nitrogens with one attached hydrogen (secondary N) is 1. The summed E-state index contributed by atoms with van der Waals surface area (Å²) < 4.78 is 40.3. The van der Waals surface area contributed by atoms with Gasteiger partial charge in [-0.3, -0.25) is 0 Å². The van der Waals surface area contributed by atoms with Crippen molar-refractivity contribution in [3.63, 3.8) is 0 Å². The highest BCUT2D eigenvalue weighted by atomic mass is 32.2. The highest BCUT2D eigenvalue weighted by molar-refractivity contribution is 7.88. The number of urea groups is 1. The van der Waals surface area contributed by atoms with Gasteiger partial charge < -0.3 is 15.1 Å². The van der Waals surface area contributed by atoms with E-state index in [0.29, 0.717) is 30.9 Å². The minimum Gasteiger partial charge on any atom is -0.323 e. The number of halogens is 1. The normalized spacial score (nSPS) is 21.1. The lowest BCUT2D eigenvalue weighted by Gasteiger charge is -2.39. The number of carbonyl (C=O) groups is 1. The molecular weight excluding hydrogens is 407 g/mol. The number of sulfonamides is 1. The average Bonchev–Trinajstić information content (AvgIpc) is 2.71. The summed E-state index contributed by atoms with van der Waals surface area (Å²) in [5, 5.41) is 2.77. The van der Waals surface area contributed by atoms with E-state index < -0.39 is 10.0 Å². The number of hydrogen-bond donors (Lipinski definition) is 1. The van der Waals surface area contributed by atoms with Crippen LogP contribution in [0.2, 0.25) is 0 Å². The molecule has 0 radical (unpaired) electrons. The van der Waals surface area contributed by atoms with Crippen LogP contribution in [0.3, 0.4) is 0 Å². The van der Waals surface area contributed by atoms with Gasteiger partial charge in [0.2, 0.25) is 10.0 Å². The van der Waals surface area contributed by atoms with E-state index in [2.05, 4.69) is 10.2 Å². The fourth-order valence-corrected chi connectivity index (χ4v) is 5.48. The molecule has 0 aliphatic carbocycles. The Morgan fingerprint density at radius 2 is 1.93 bits per heavy atom. The third-order valence-electron chi connectivity index (χ3n) is 6.11. The molecule has 2 aliphatic rings. The summed E-state index contributed by atoms with van der Waals surface area (Å²) in [4.78, 5) is 16.7. The maximum Gasteiger partial charge on any atom is 0.321 e. The van der Waals surface area contributed by atoms with E-state index in [-0.39, 0.29) is 17.9 Å². The number of carbonyl (C=O) groups excluding carboxylic acids is 1. The topological polar surface area (TPSA) is 73.0 Å². The summed E-state index contributed by atoms with van der Waals surface area (Å²) >= 11 is 0. The zero-order valence-electron chi connectivity index (χ0n) is 17.9. The molecule has 0 saturated carbocycles. The largest absolute Gasteiger partial charge is 0.323 e. The number of piperidine rings is 2. The number of benzene rings is 1. The number of hydrogen-bond acceptors (Lipinski definition) is 4. The third kappa shape index (κ3) is 5.92. The fourth-order valence-electron chi connectivity index (χ4n) is 4.35. The monoisotopic (exact) mass is 440 g/mol. The van der Waals surface area contributed by atoms with Gasteiger partial charge in [0, 0.05) is 43.5 Å². The zero-order chi connectivity index (χ0) is 21.7. The van der Waals surface area contributed by atoms with E-state index in [1.165, 1.54) is 18.7 Å². The van der Waals surface area contributed by atoms with E-state index >= 15 is 0 Å². The summed E-state index contributed by atoms with van der Waals surface area (Å²) in [5.41, 5.74) is 0.825. The van der Waals surface area contributed by atoms with Crippen molar-refractivity contribution in [1.82, 2.24) is 14.1 Å². The zero-order valence-corrected chi connectivity index (χ0v) is 18.8. The second-order valence-corrected chi connectivity index (χ2v) is 10.3. The van der Waals surface area contributed by atoms with Crippen LogP contribution < -0.4 is 5.32 Å². The Morgan fingerprint density at radius 3 is 2.63 bits per heavy atom. The predicted molar refractivity (Wildman–Crippen MR) is 117 cm³/mol. The first-order valence-electron chi connectivity index (χ1n) is 10.8. The number of anilines is 1. The minimum atomic E-state index is -3.39. The fraction of sp³-hybridized carbons (Fsp3) is 0.667. The predicted octanol–water partition coefficient (Wildman–Crippen LogP) is 2.88. The molecule has 0 spiro atoms. The van der Waals surface area contributed by atoms with Gasteiger partial charge in [-0.25, -0.2) is 17.6 Å². The molecule has 0 aromatic heterocycles. The molecule has 2 aliphatic heterocycles. The van der Waals surface area contributed by atoms with Crippen LogP contribution in [0.5, 0.6) is 0 Å². The van der Waals surface area contributed by atoms with Gasteiger partial charge in [0.05, 0.1) is 6.26 Å². The standard InChI is InChI=1S/C21H33FN4O3S/c1-17-19(22)9-6-10-20(17)23-21(27)25-13-7-8-18(16-25)26(30(2,28)29)15-14-24-11-4-3-5-12-24/h6,9-10,18H,3-5,7-8,11-16H2,1-2H3,(H,23,27). The first-order valence-corrected chi connectivity index (χ1v) is 12.6.